The number of thiol groups is 1. The van der Waals surface area contributed by atoms with Gasteiger partial charge in [-0.1, -0.05) is 13.3 Å². The monoisotopic (exact) mass is 166 g/mol. The molecule has 0 rings (SSSR count). The summed E-state index contributed by atoms with van der Waals surface area (Å²) in [7, 11) is 0. The Labute approximate surface area is 68.4 Å². The lowest BCUT2D eigenvalue weighted by atomic mass is 10.2. The second-order valence-corrected chi connectivity index (χ2v) is 4.19. The standard InChI is InChI=1S/C7H15ClS/c1-6(8)4-3-5-7(2)9/h6-7,9H,3-5H2,1-2H3/t6?,7-/m1/s1. The van der Waals surface area contributed by atoms with Crippen molar-refractivity contribution < 1.29 is 0 Å². The number of alkyl halides is 1. The third kappa shape index (κ3) is 8.64. The van der Waals surface area contributed by atoms with Crippen LogP contribution in [0.15, 0.2) is 0 Å². The molecule has 0 saturated heterocycles. The third-order valence-electron chi connectivity index (χ3n) is 1.22. The first-order chi connectivity index (χ1) is 4.13. The second-order valence-electron chi connectivity index (χ2n) is 2.56. The smallest absolute Gasteiger partial charge is 0.0307 e. The van der Waals surface area contributed by atoms with Crippen molar-refractivity contribution in [2.75, 3.05) is 0 Å². The van der Waals surface area contributed by atoms with Crippen LogP contribution in [0, 0.1) is 0 Å². The van der Waals surface area contributed by atoms with Gasteiger partial charge in [-0.2, -0.15) is 12.6 Å². The van der Waals surface area contributed by atoms with Gasteiger partial charge in [0.1, 0.15) is 0 Å². The molecular weight excluding hydrogens is 152 g/mol. The summed E-state index contributed by atoms with van der Waals surface area (Å²) in [5.74, 6) is 0. The van der Waals surface area contributed by atoms with Crippen molar-refractivity contribution in [1.29, 1.82) is 0 Å². The van der Waals surface area contributed by atoms with Crippen LogP contribution in [0.2, 0.25) is 0 Å². The Kier molecular flexibility index (Phi) is 5.81. The van der Waals surface area contributed by atoms with Gasteiger partial charge in [-0.05, 0) is 25.0 Å². The average Bonchev–Trinajstić information content (AvgIpc) is 1.63. The van der Waals surface area contributed by atoms with Gasteiger partial charge in [-0.25, -0.2) is 0 Å². The molecule has 0 nitrogen and oxygen atoms in total. The van der Waals surface area contributed by atoms with Crippen LogP contribution in [0.25, 0.3) is 0 Å². The van der Waals surface area contributed by atoms with Crippen molar-refractivity contribution in [1.82, 2.24) is 0 Å². The lowest BCUT2D eigenvalue weighted by Gasteiger charge is -2.03. The van der Waals surface area contributed by atoms with Gasteiger partial charge in [0.25, 0.3) is 0 Å². The highest BCUT2D eigenvalue weighted by molar-refractivity contribution is 7.80. The third-order valence-corrected chi connectivity index (χ3v) is 1.70. The van der Waals surface area contributed by atoms with E-state index in [2.05, 4.69) is 19.6 Å². The fourth-order valence-corrected chi connectivity index (χ4v) is 1.03. The zero-order chi connectivity index (χ0) is 7.28. The average molecular weight is 167 g/mol. The molecule has 0 aliphatic rings. The Morgan fingerprint density at radius 2 is 1.89 bits per heavy atom. The fraction of sp³-hybridized carbons (Fsp3) is 1.00. The first-order valence-corrected chi connectivity index (χ1v) is 4.40. The van der Waals surface area contributed by atoms with Gasteiger partial charge in [0.2, 0.25) is 0 Å². The van der Waals surface area contributed by atoms with Gasteiger partial charge < -0.3 is 0 Å². The first-order valence-electron chi connectivity index (χ1n) is 3.45. The molecule has 0 aliphatic heterocycles. The molecule has 0 aliphatic carbocycles. The summed E-state index contributed by atoms with van der Waals surface area (Å²) >= 11 is 9.99. The maximum absolute atomic E-state index is 5.74. The molecule has 0 aromatic carbocycles. The highest BCUT2D eigenvalue weighted by Gasteiger charge is 1.97. The van der Waals surface area contributed by atoms with Crippen molar-refractivity contribution >= 4 is 24.2 Å². The van der Waals surface area contributed by atoms with Crippen LogP contribution in [-0.2, 0) is 0 Å². The van der Waals surface area contributed by atoms with Crippen molar-refractivity contribution in [2.24, 2.45) is 0 Å². The van der Waals surface area contributed by atoms with E-state index in [1.807, 2.05) is 6.92 Å². The predicted octanol–water partition coefficient (Wildman–Crippen LogP) is 3.10. The quantitative estimate of drug-likeness (QED) is 0.482. The maximum Gasteiger partial charge on any atom is 0.0307 e. The summed E-state index contributed by atoms with van der Waals surface area (Å²) in [6, 6.07) is 0. The van der Waals surface area contributed by atoms with E-state index in [0.29, 0.717) is 10.6 Å². The minimum atomic E-state index is 0.331. The zero-order valence-corrected chi connectivity index (χ0v) is 7.75. The van der Waals surface area contributed by atoms with Gasteiger partial charge in [0.15, 0.2) is 0 Å². The van der Waals surface area contributed by atoms with Crippen molar-refractivity contribution in [3.05, 3.63) is 0 Å². The first kappa shape index (κ1) is 9.64. The van der Waals surface area contributed by atoms with Gasteiger partial charge in [0, 0.05) is 5.38 Å². The van der Waals surface area contributed by atoms with Crippen molar-refractivity contribution in [2.45, 2.75) is 43.7 Å². The summed E-state index contributed by atoms with van der Waals surface area (Å²) in [6.45, 7) is 4.15. The largest absolute Gasteiger partial charge is 0.176 e. The molecule has 0 spiro atoms. The number of hydrogen-bond donors (Lipinski definition) is 1. The Balaban J connectivity index is 2.91. The Morgan fingerprint density at radius 1 is 1.33 bits per heavy atom. The molecule has 2 heteroatoms. The van der Waals surface area contributed by atoms with E-state index in [4.69, 9.17) is 11.6 Å². The molecule has 0 saturated carbocycles. The SMILES string of the molecule is CC(Cl)CCC[C@@H](C)S. The Bertz CT molecular complexity index is 53.9. The van der Waals surface area contributed by atoms with E-state index in [9.17, 15) is 0 Å². The number of halogens is 1. The van der Waals surface area contributed by atoms with E-state index in [1.165, 1.54) is 12.8 Å². The molecule has 9 heavy (non-hydrogen) atoms. The molecule has 0 fully saturated rings. The molecule has 0 aromatic rings. The van der Waals surface area contributed by atoms with E-state index in [-0.39, 0.29) is 0 Å². The molecule has 0 amide bonds. The number of rotatable bonds is 4. The minimum absolute atomic E-state index is 0.331. The highest BCUT2D eigenvalue weighted by Crippen LogP contribution is 2.10. The summed E-state index contributed by atoms with van der Waals surface area (Å²) in [5, 5.41) is 0.859. The predicted molar refractivity (Wildman–Crippen MR) is 47.6 cm³/mol. The summed E-state index contributed by atoms with van der Waals surface area (Å²) in [4.78, 5) is 0. The van der Waals surface area contributed by atoms with Gasteiger partial charge in [-0.15, -0.1) is 11.6 Å². The molecular formula is C7H15ClS. The highest BCUT2D eigenvalue weighted by atomic mass is 35.5. The minimum Gasteiger partial charge on any atom is -0.176 e. The molecule has 2 atom stereocenters. The summed E-state index contributed by atoms with van der Waals surface area (Å²) in [5.41, 5.74) is 0. The van der Waals surface area contributed by atoms with Crippen LogP contribution in [0.1, 0.15) is 33.1 Å². The van der Waals surface area contributed by atoms with Crippen molar-refractivity contribution in [3.8, 4) is 0 Å². The lowest BCUT2D eigenvalue weighted by molar-refractivity contribution is 0.671. The van der Waals surface area contributed by atoms with Crippen molar-refractivity contribution in [3.63, 3.8) is 0 Å². The van der Waals surface area contributed by atoms with Crippen LogP contribution < -0.4 is 0 Å². The van der Waals surface area contributed by atoms with Crippen LogP contribution in [0.3, 0.4) is 0 Å². The zero-order valence-electron chi connectivity index (χ0n) is 6.10. The van der Waals surface area contributed by atoms with Gasteiger partial charge in [0.05, 0.1) is 0 Å². The van der Waals surface area contributed by atoms with Crippen LogP contribution in [0.5, 0.6) is 0 Å². The van der Waals surface area contributed by atoms with E-state index in [0.717, 1.165) is 6.42 Å². The van der Waals surface area contributed by atoms with Crippen LogP contribution in [-0.4, -0.2) is 10.6 Å². The Morgan fingerprint density at radius 3 is 2.22 bits per heavy atom. The molecule has 1 unspecified atom stereocenters. The van der Waals surface area contributed by atoms with Crippen LogP contribution >= 0.6 is 24.2 Å². The molecule has 0 N–H and O–H groups in total. The topological polar surface area (TPSA) is 0 Å². The molecule has 56 valence electrons. The lowest BCUT2D eigenvalue weighted by Crippen LogP contribution is -1.95. The molecule has 0 bridgehead atoms. The second kappa shape index (κ2) is 5.43. The van der Waals surface area contributed by atoms with E-state index >= 15 is 0 Å². The maximum atomic E-state index is 5.74. The van der Waals surface area contributed by atoms with Crippen LogP contribution in [0.4, 0.5) is 0 Å². The van der Waals surface area contributed by atoms with E-state index in [1.54, 1.807) is 0 Å². The molecule has 0 aromatic heterocycles. The fourth-order valence-electron chi connectivity index (χ4n) is 0.695. The van der Waals surface area contributed by atoms with Gasteiger partial charge >= 0.3 is 0 Å². The number of hydrogen-bond acceptors (Lipinski definition) is 1. The van der Waals surface area contributed by atoms with E-state index < -0.39 is 0 Å². The normalized spacial score (nSPS) is 17.3. The van der Waals surface area contributed by atoms with Gasteiger partial charge in [-0.3, -0.25) is 0 Å². The summed E-state index contributed by atoms with van der Waals surface area (Å²) in [6.07, 6.45) is 3.50. The molecule has 0 radical (unpaired) electrons. The summed E-state index contributed by atoms with van der Waals surface area (Å²) < 4.78 is 0. The Hall–Kier alpha value is 0.640. The molecule has 0 heterocycles.